The summed E-state index contributed by atoms with van der Waals surface area (Å²) in [6, 6.07) is 2.17. The molecule has 2 atom stereocenters. The summed E-state index contributed by atoms with van der Waals surface area (Å²) in [6.07, 6.45) is 4.91. The molecule has 172 valence electrons. The maximum atomic E-state index is 6.22. The molecule has 3 N–H and O–H groups in total. The maximum Gasteiger partial charge on any atom is 0.126 e. The Kier molecular flexibility index (Phi) is 11.6. The third kappa shape index (κ3) is 8.79. The summed E-state index contributed by atoms with van der Waals surface area (Å²) in [6.45, 7) is 10.6. The van der Waals surface area contributed by atoms with Gasteiger partial charge in [0.1, 0.15) is 5.82 Å². The zero-order chi connectivity index (χ0) is 22.7. The molecule has 1 heterocycles. The van der Waals surface area contributed by atoms with Crippen molar-refractivity contribution in [1.82, 2.24) is 15.1 Å². The van der Waals surface area contributed by atoms with Crippen LogP contribution >= 0.6 is 0 Å². The summed E-state index contributed by atoms with van der Waals surface area (Å²) in [5.74, 6) is 1.53. The van der Waals surface area contributed by atoms with Crippen molar-refractivity contribution in [2.45, 2.75) is 53.1 Å². The van der Waals surface area contributed by atoms with E-state index in [4.69, 9.17) is 20.3 Å². The topological polar surface area (TPSA) is 77.6 Å². The second-order valence-corrected chi connectivity index (χ2v) is 8.25. The normalized spacial score (nSPS) is 15.0. The number of ether oxygens (including phenoxy) is 2. The van der Waals surface area contributed by atoms with E-state index in [1.165, 1.54) is 11.1 Å². The monoisotopic (exact) mass is 421 g/mol. The summed E-state index contributed by atoms with van der Waals surface area (Å²) >= 11 is 0. The Labute approximate surface area is 183 Å². The van der Waals surface area contributed by atoms with Gasteiger partial charge in [0, 0.05) is 53.0 Å². The van der Waals surface area contributed by atoms with Crippen molar-refractivity contribution < 1.29 is 9.47 Å². The number of rotatable bonds is 14. The van der Waals surface area contributed by atoms with Crippen LogP contribution in [0.3, 0.4) is 0 Å². The molecule has 0 aliphatic rings. The van der Waals surface area contributed by atoms with Crippen LogP contribution in [0, 0.1) is 5.92 Å². The van der Waals surface area contributed by atoms with E-state index in [1.807, 2.05) is 25.7 Å². The molecule has 2 unspecified atom stereocenters. The molecular weight excluding hydrogens is 378 g/mol. The third-order valence-corrected chi connectivity index (χ3v) is 5.51. The average Bonchev–Trinajstić information content (AvgIpc) is 3.06. The Morgan fingerprint density at radius 3 is 2.63 bits per heavy atom. The van der Waals surface area contributed by atoms with E-state index in [0.717, 1.165) is 43.0 Å². The summed E-state index contributed by atoms with van der Waals surface area (Å²) in [5.41, 5.74) is 10.7. The lowest BCUT2D eigenvalue weighted by Gasteiger charge is -2.21. The van der Waals surface area contributed by atoms with E-state index in [-0.39, 0.29) is 6.10 Å². The van der Waals surface area contributed by atoms with Crippen molar-refractivity contribution in [3.05, 3.63) is 34.8 Å². The highest BCUT2D eigenvalue weighted by molar-refractivity contribution is 5.41. The molecule has 0 radical (unpaired) electrons. The number of aromatic nitrogens is 2. The van der Waals surface area contributed by atoms with E-state index in [9.17, 15) is 0 Å². The number of nitrogens with one attached hydrogen (secondary N) is 1. The summed E-state index contributed by atoms with van der Waals surface area (Å²) in [4.78, 5) is 2.23. The molecular formula is C23H43N5O2. The first-order valence-electron chi connectivity index (χ1n) is 10.8. The van der Waals surface area contributed by atoms with E-state index < -0.39 is 0 Å². The lowest BCUT2D eigenvalue weighted by Crippen LogP contribution is -2.25. The molecule has 1 aromatic rings. The van der Waals surface area contributed by atoms with Gasteiger partial charge in [-0.05, 0) is 51.3 Å². The van der Waals surface area contributed by atoms with Gasteiger partial charge >= 0.3 is 0 Å². The number of hydrogen-bond acceptors (Lipinski definition) is 6. The number of hydrogen-bond donors (Lipinski definition) is 2. The molecule has 7 heteroatoms. The number of nitrogens with two attached hydrogens (primary N) is 1. The molecule has 0 amide bonds. The van der Waals surface area contributed by atoms with Gasteiger partial charge in [-0.15, -0.1) is 0 Å². The zero-order valence-corrected chi connectivity index (χ0v) is 20.3. The number of allylic oxidation sites excluding steroid dienone is 3. The number of methoxy groups -OCH3 is 1. The molecule has 1 aromatic heterocycles. The van der Waals surface area contributed by atoms with Crippen LogP contribution in [0.15, 0.2) is 29.1 Å². The van der Waals surface area contributed by atoms with Crippen LogP contribution < -0.4 is 16.0 Å². The number of anilines is 1. The van der Waals surface area contributed by atoms with E-state index in [2.05, 4.69) is 50.3 Å². The molecule has 0 fully saturated rings. The van der Waals surface area contributed by atoms with Crippen molar-refractivity contribution in [3.8, 4) is 0 Å². The van der Waals surface area contributed by atoms with Crippen LogP contribution in [0.25, 0.3) is 0 Å². The minimum Gasteiger partial charge on any atom is -0.402 e. The van der Waals surface area contributed by atoms with Crippen LogP contribution in [0.1, 0.15) is 46.2 Å². The highest BCUT2D eigenvalue weighted by atomic mass is 16.5. The van der Waals surface area contributed by atoms with Crippen LogP contribution in [0.5, 0.6) is 0 Å². The van der Waals surface area contributed by atoms with Gasteiger partial charge in [0.25, 0.3) is 0 Å². The number of nitrogens with zero attached hydrogens (tertiary/aromatic N) is 3. The summed E-state index contributed by atoms with van der Waals surface area (Å²) in [7, 11) is 7.71. The Bertz CT molecular complexity index is 692. The van der Waals surface area contributed by atoms with Gasteiger partial charge in [-0.2, -0.15) is 5.10 Å². The minimum absolute atomic E-state index is 0.195. The first-order valence-corrected chi connectivity index (χ1v) is 10.8. The lowest BCUT2D eigenvalue weighted by atomic mass is 9.91. The second kappa shape index (κ2) is 13.3. The predicted molar refractivity (Wildman–Crippen MR) is 126 cm³/mol. The average molecular weight is 422 g/mol. The van der Waals surface area contributed by atoms with Gasteiger partial charge in [-0.1, -0.05) is 12.5 Å². The molecule has 0 saturated heterocycles. The Morgan fingerprint density at radius 2 is 2.03 bits per heavy atom. The van der Waals surface area contributed by atoms with Crippen molar-refractivity contribution in [2.24, 2.45) is 18.7 Å². The predicted octanol–water partition coefficient (Wildman–Crippen LogP) is 3.22. The highest BCUT2D eigenvalue weighted by Crippen LogP contribution is 2.24. The van der Waals surface area contributed by atoms with E-state index >= 15 is 0 Å². The first kappa shape index (κ1) is 26.0. The van der Waals surface area contributed by atoms with Crippen molar-refractivity contribution in [2.75, 3.05) is 45.9 Å². The lowest BCUT2D eigenvalue weighted by molar-refractivity contribution is 0.0236. The van der Waals surface area contributed by atoms with Crippen LogP contribution in [0.4, 0.5) is 5.82 Å². The van der Waals surface area contributed by atoms with Gasteiger partial charge in [0.2, 0.25) is 0 Å². The highest BCUT2D eigenvalue weighted by Gasteiger charge is 2.15. The van der Waals surface area contributed by atoms with Crippen LogP contribution in [0.2, 0.25) is 0 Å². The third-order valence-electron chi connectivity index (χ3n) is 5.51. The number of aryl methyl sites for hydroxylation is 1. The summed E-state index contributed by atoms with van der Waals surface area (Å²) in [5, 5.41) is 7.85. The van der Waals surface area contributed by atoms with Gasteiger partial charge in [-0.25, -0.2) is 0 Å². The van der Waals surface area contributed by atoms with E-state index in [0.29, 0.717) is 19.1 Å². The molecule has 0 aliphatic carbocycles. The Hall–Kier alpha value is -1.99. The van der Waals surface area contributed by atoms with Gasteiger partial charge in [-0.3, -0.25) is 4.68 Å². The SMILES string of the molecule is CN/C=C(\C)C(C)C/C(Cc1cc(N(C)CCC(C)OCCOC)n(C)n1)=C(\C)N. The standard InChI is InChI=1S/C23H43N5O2/c1-17(18(2)16-25-5)13-21(20(4)24)14-22-15-23(28(7)26-22)27(6)10-9-19(3)30-12-11-29-8/h15-17,19,25H,9-14,24H2,1-8H3/b18-16+,21-20-. The fourth-order valence-electron chi connectivity index (χ4n) is 3.36. The quantitative estimate of drug-likeness (QED) is 0.449. The molecule has 1 rings (SSSR count). The molecule has 0 spiro atoms. The molecule has 7 nitrogen and oxygen atoms in total. The zero-order valence-electron chi connectivity index (χ0n) is 20.3. The van der Waals surface area contributed by atoms with E-state index in [1.54, 1.807) is 7.11 Å². The molecule has 0 saturated carbocycles. The molecule has 0 aliphatic heterocycles. The molecule has 0 aromatic carbocycles. The van der Waals surface area contributed by atoms with Gasteiger partial charge in [0.05, 0.1) is 25.0 Å². The van der Waals surface area contributed by atoms with Crippen molar-refractivity contribution in [3.63, 3.8) is 0 Å². The fraction of sp³-hybridized carbons (Fsp3) is 0.696. The van der Waals surface area contributed by atoms with Gasteiger partial charge in [0.15, 0.2) is 0 Å². The van der Waals surface area contributed by atoms with Crippen LogP contribution in [-0.2, 0) is 22.9 Å². The molecule has 0 bridgehead atoms. The van der Waals surface area contributed by atoms with Crippen molar-refractivity contribution >= 4 is 5.82 Å². The first-order chi connectivity index (χ1) is 14.2. The van der Waals surface area contributed by atoms with Crippen molar-refractivity contribution in [1.29, 1.82) is 0 Å². The largest absolute Gasteiger partial charge is 0.402 e. The smallest absolute Gasteiger partial charge is 0.126 e. The Morgan fingerprint density at radius 1 is 1.33 bits per heavy atom. The summed E-state index contributed by atoms with van der Waals surface area (Å²) < 4.78 is 12.7. The Balaban J connectivity index is 2.73. The maximum absolute atomic E-state index is 6.22. The van der Waals surface area contributed by atoms with Gasteiger partial charge < -0.3 is 25.4 Å². The second-order valence-electron chi connectivity index (χ2n) is 8.25. The fourth-order valence-corrected chi connectivity index (χ4v) is 3.36. The minimum atomic E-state index is 0.195. The van der Waals surface area contributed by atoms with Crippen LogP contribution in [-0.4, -0.2) is 56.8 Å². The molecule has 30 heavy (non-hydrogen) atoms.